The number of rotatable bonds is 3. The van der Waals surface area contributed by atoms with Crippen molar-refractivity contribution in [2.75, 3.05) is 5.32 Å². The predicted molar refractivity (Wildman–Crippen MR) is 77.0 cm³/mol. The molecule has 1 aliphatic carbocycles. The second-order valence-electron chi connectivity index (χ2n) is 5.55. The fourth-order valence-corrected chi connectivity index (χ4v) is 1.95. The van der Waals surface area contributed by atoms with Crippen LogP contribution in [0.4, 0.5) is 10.5 Å². The van der Waals surface area contributed by atoms with Crippen molar-refractivity contribution in [1.82, 2.24) is 0 Å². The molecule has 0 saturated carbocycles. The highest BCUT2D eigenvalue weighted by Gasteiger charge is 2.18. The number of anilines is 1. The summed E-state index contributed by atoms with van der Waals surface area (Å²) in [6.45, 7) is 5.44. The number of nitrogens with one attached hydrogen (secondary N) is 1. The quantitative estimate of drug-likeness (QED) is 0.831. The van der Waals surface area contributed by atoms with Gasteiger partial charge < -0.3 is 14.4 Å². The molecule has 1 amide bonds. The summed E-state index contributed by atoms with van der Waals surface area (Å²) < 4.78 is 10.1. The fraction of sp³-hybridized carbons (Fsp3) is 0.357. The Morgan fingerprint density at radius 3 is 2.80 bits per heavy atom. The van der Waals surface area contributed by atoms with Gasteiger partial charge in [-0.15, -0.1) is 0 Å². The van der Waals surface area contributed by atoms with Gasteiger partial charge in [0.1, 0.15) is 5.60 Å². The largest absolute Gasteiger partial charge is 0.569 e. The number of carbonyl (C=O) groups excluding carboxylic acids is 1. The molecular weight excluding hydrogens is 257 g/mol. The lowest BCUT2D eigenvalue weighted by Crippen LogP contribution is -2.27. The molecule has 0 spiro atoms. The molecular formula is C14H17BNO4. The van der Waals surface area contributed by atoms with Crippen molar-refractivity contribution in [1.29, 1.82) is 0 Å². The molecule has 2 N–H and O–H groups in total. The first-order chi connectivity index (χ1) is 9.37. The number of ether oxygens (including phenoxy) is 1. The first-order valence-electron chi connectivity index (χ1n) is 6.33. The van der Waals surface area contributed by atoms with E-state index in [0.29, 0.717) is 25.6 Å². The summed E-state index contributed by atoms with van der Waals surface area (Å²) in [4.78, 5) is 11.7. The molecule has 0 unspecified atom stereocenters. The van der Waals surface area contributed by atoms with Gasteiger partial charge in [0.15, 0.2) is 0 Å². The molecule has 1 aromatic rings. The molecule has 0 atom stereocenters. The minimum Gasteiger partial charge on any atom is -0.540 e. The van der Waals surface area contributed by atoms with Crippen molar-refractivity contribution in [3.8, 4) is 0 Å². The number of hydrogen-bond donors (Lipinski definition) is 2. The zero-order valence-corrected chi connectivity index (χ0v) is 11.8. The maximum atomic E-state index is 11.7. The number of benzene rings is 1. The lowest BCUT2D eigenvalue weighted by molar-refractivity contribution is 0.0636. The number of carbonyl (C=O) groups is 1. The van der Waals surface area contributed by atoms with Crippen LogP contribution in [0.25, 0.3) is 6.08 Å². The Bertz CT molecular complexity index is 549. The van der Waals surface area contributed by atoms with Crippen LogP contribution in [0.3, 0.4) is 0 Å². The Balaban J connectivity index is 2.05. The zero-order valence-electron chi connectivity index (χ0n) is 11.8. The minimum atomic E-state index is -0.529. The summed E-state index contributed by atoms with van der Waals surface area (Å²) in [6, 6.07) is 5.56. The highest BCUT2D eigenvalue weighted by molar-refractivity contribution is 6.16. The second-order valence-corrected chi connectivity index (χ2v) is 5.55. The molecule has 1 aromatic carbocycles. The molecule has 0 heterocycles. The molecule has 6 heteroatoms. The highest BCUT2D eigenvalue weighted by Crippen LogP contribution is 2.28. The third-order valence-electron chi connectivity index (χ3n) is 2.68. The summed E-state index contributed by atoms with van der Waals surface area (Å²) in [7, 11) is 0.664. The second kappa shape index (κ2) is 5.59. The minimum absolute atomic E-state index is 0.486. The van der Waals surface area contributed by atoms with E-state index >= 15 is 0 Å². The third-order valence-corrected chi connectivity index (χ3v) is 2.68. The zero-order chi connectivity index (χ0) is 14.8. The number of amides is 1. The van der Waals surface area contributed by atoms with E-state index in [1.807, 2.05) is 45.0 Å². The van der Waals surface area contributed by atoms with Crippen LogP contribution in [0.1, 0.15) is 31.9 Å². The molecule has 5 nitrogen and oxygen atoms in total. The predicted octanol–water partition coefficient (Wildman–Crippen LogP) is 2.47. The van der Waals surface area contributed by atoms with Crippen molar-refractivity contribution >= 4 is 25.5 Å². The molecule has 1 aliphatic rings. The van der Waals surface area contributed by atoms with Crippen molar-refractivity contribution in [3.05, 3.63) is 35.1 Å². The van der Waals surface area contributed by atoms with E-state index in [-0.39, 0.29) is 0 Å². The molecule has 105 valence electrons. The van der Waals surface area contributed by atoms with Gasteiger partial charge in [0.2, 0.25) is 0 Å². The van der Waals surface area contributed by atoms with Gasteiger partial charge in [0, 0.05) is 12.1 Å². The van der Waals surface area contributed by atoms with E-state index < -0.39 is 11.7 Å². The van der Waals surface area contributed by atoms with Gasteiger partial charge in [-0.1, -0.05) is 6.07 Å². The van der Waals surface area contributed by atoms with Gasteiger partial charge in [0.25, 0.3) is 0 Å². The van der Waals surface area contributed by atoms with Crippen molar-refractivity contribution in [3.63, 3.8) is 0 Å². The van der Waals surface area contributed by atoms with Crippen LogP contribution in [-0.2, 0) is 15.8 Å². The van der Waals surface area contributed by atoms with Crippen LogP contribution >= 0.6 is 0 Å². The Hall–Kier alpha value is -1.95. The summed E-state index contributed by atoms with van der Waals surface area (Å²) in [5.74, 6) is 0.664. The number of allylic oxidation sites excluding steroid dienone is 1. The van der Waals surface area contributed by atoms with Crippen molar-refractivity contribution in [2.24, 2.45) is 0 Å². The Labute approximate surface area is 118 Å². The molecule has 1 radical (unpaired) electrons. The number of fused-ring (bicyclic) bond motifs is 1. The summed E-state index contributed by atoms with van der Waals surface area (Å²) in [6.07, 6.45) is 1.96. The number of hydrogen-bond acceptors (Lipinski definition) is 4. The van der Waals surface area contributed by atoms with E-state index in [9.17, 15) is 4.79 Å². The SMILES string of the molecule is CC(C)(C)OC(=O)Nc1ccc2c(c1)C=C(O[B]O)C2. The molecule has 0 bridgehead atoms. The van der Waals surface area contributed by atoms with Crippen LogP contribution < -0.4 is 5.32 Å². The lowest BCUT2D eigenvalue weighted by Gasteiger charge is -2.19. The van der Waals surface area contributed by atoms with E-state index in [1.165, 1.54) is 0 Å². The molecule has 0 fully saturated rings. The van der Waals surface area contributed by atoms with E-state index in [1.54, 1.807) is 0 Å². The molecule has 0 saturated heterocycles. The standard InChI is InChI=1S/C14H17BNO4/c1-14(2,3)19-13(17)16-11-5-4-9-7-12(20-15-18)8-10(9)6-11/h4-6,8,18H,7H2,1-3H3,(H,16,17). The van der Waals surface area contributed by atoms with Crippen molar-refractivity contribution in [2.45, 2.75) is 32.8 Å². The maximum Gasteiger partial charge on any atom is 0.569 e. The Morgan fingerprint density at radius 1 is 1.40 bits per heavy atom. The van der Waals surface area contributed by atoms with Crippen LogP contribution in [0, 0.1) is 0 Å². The topological polar surface area (TPSA) is 67.8 Å². The average molecular weight is 274 g/mol. The first-order valence-corrected chi connectivity index (χ1v) is 6.33. The first kappa shape index (κ1) is 14.5. The monoisotopic (exact) mass is 274 g/mol. The Morgan fingerprint density at radius 2 is 2.15 bits per heavy atom. The molecule has 0 aliphatic heterocycles. The normalized spacial score (nSPS) is 13.3. The smallest absolute Gasteiger partial charge is 0.540 e. The third kappa shape index (κ3) is 3.77. The lowest BCUT2D eigenvalue weighted by atomic mass is 10.1. The van der Waals surface area contributed by atoms with Crippen LogP contribution in [0.15, 0.2) is 24.0 Å². The van der Waals surface area contributed by atoms with Gasteiger partial charge in [-0.2, -0.15) is 0 Å². The molecule has 2 rings (SSSR count). The van der Waals surface area contributed by atoms with Crippen molar-refractivity contribution < 1.29 is 19.2 Å². The van der Waals surface area contributed by atoms with E-state index in [2.05, 4.69) is 5.32 Å². The molecule has 0 aromatic heterocycles. The summed E-state index contributed by atoms with van der Waals surface area (Å²) >= 11 is 0. The van der Waals surface area contributed by atoms with E-state index in [4.69, 9.17) is 14.4 Å². The van der Waals surface area contributed by atoms with Gasteiger partial charge in [-0.25, -0.2) is 4.79 Å². The molecule has 20 heavy (non-hydrogen) atoms. The van der Waals surface area contributed by atoms with Gasteiger partial charge in [-0.05, 0) is 50.1 Å². The van der Waals surface area contributed by atoms with E-state index in [0.717, 1.165) is 11.1 Å². The average Bonchev–Trinajstić information content (AvgIpc) is 2.68. The van der Waals surface area contributed by atoms with Crippen LogP contribution in [0.2, 0.25) is 0 Å². The Kier molecular flexibility index (Phi) is 4.04. The summed E-state index contributed by atoms with van der Waals surface area (Å²) in [5.41, 5.74) is 2.16. The summed E-state index contributed by atoms with van der Waals surface area (Å²) in [5, 5.41) is 11.3. The van der Waals surface area contributed by atoms with Crippen LogP contribution in [0.5, 0.6) is 0 Å². The van der Waals surface area contributed by atoms with Gasteiger partial charge in [0.05, 0.1) is 5.76 Å². The fourth-order valence-electron chi connectivity index (χ4n) is 1.95. The van der Waals surface area contributed by atoms with Gasteiger partial charge in [-0.3, -0.25) is 5.32 Å². The highest BCUT2D eigenvalue weighted by atomic mass is 16.6. The van der Waals surface area contributed by atoms with Gasteiger partial charge >= 0.3 is 13.8 Å². The van der Waals surface area contributed by atoms with Crippen LogP contribution in [-0.4, -0.2) is 24.4 Å². The maximum absolute atomic E-state index is 11.7.